The van der Waals surface area contributed by atoms with E-state index in [2.05, 4.69) is 20.8 Å². The van der Waals surface area contributed by atoms with E-state index in [9.17, 15) is 18.8 Å². The quantitative estimate of drug-likeness (QED) is 0.305. The van der Waals surface area contributed by atoms with E-state index in [1.165, 1.54) is 30.0 Å². The molecule has 0 bridgehead atoms. The predicted octanol–water partition coefficient (Wildman–Crippen LogP) is 1.89. The average molecular weight is 420 g/mol. The van der Waals surface area contributed by atoms with Crippen molar-refractivity contribution in [2.24, 2.45) is 0 Å². The summed E-state index contributed by atoms with van der Waals surface area (Å²) in [5.41, 5.74) is 6.36. The van der Waals surface area contributed by atoms with Crippen LogP contribution in [0.4, 0.5) is 4.39 Å². The Morgan fingerprint density at radius 2 is 1.76 bits per heavy atom. The number of hydrogen-bond acceptors (Lipinski definition) is 7. The first-order valence-electron chi connectivity index (χ1n) is 8.69. The van der Waals surface area contributed by atoms with Gasteiger partial charge in [0.05, 0.1) is 5.56 Å². The number of carbonyl (C=O) groups is 3. The molecule has 2 N–H and O–H groups in total. The van der Waals surface area contributed by atoms with E-state index in [-0.39, 0.29) is 12.0 Å². The number of aromatic nitrogens is 2. The number of rotatable bonds is 7. The van der Waals surface area contributed by atoms with Crippen molar-refractivity contribution < 1.29 is 23.5 Å². The van der Waals surface area contributed by atoms with Crippen LogP contribution in [0.2, 0.25) is 0 Å². The first-order valence-corrected chi connectivity index (χ1v) is 9.91. The van der Waals surface area contributed by atoms with Gasteiger partial charge in [-0.15, -0.1) is 0 Å². The zero-order valence-electron chi connectivity index (χ0n) is 16.2. The van der Waals surface area contributed by atoms with Gasteiger partial charge in [0.1, 0.15) is 5.82 Å². The number of nitrogens with one attached hydrogen (secondary N) is 2. The van der Waals surface area contributed by atoms with Gasteiger partial charge in [-0.25, -0.2) is 14.4 Å². The van der Waals surface area contributed by atoms with Crippen LogP contribution in [-0.2, 0) is 20.7 Å². The number of halogens is 1. The van der Waals surface area contributed by atoms with Crippen LogP contribution in [0.15, 0.2) is 29.4 Å². The number of thioether (sulfide) groups is 1. The van der Waals surface area contributed by atoms with Crippen molar-refractivity contribution in [3.63, 3.8) is 0 Å². The van der Waals surface area contributed by atoms with E-state index in [4.69, 9.17) is 4.74 Å². The molecule has 0 aliphatic heterocycles. The molecule has 8 nitrogen and oxygen atoms in total. The molecular formula is C19H21FN4O4S. The van der Waals surface area contributed by atoms with Crippen molar-refractivity contribution in [2.75, 3.05) is 12.9 Å². The van der Waals surface area contributed by atoms with Gasteiger partial charge in [0.25, 0.3) is 11.8 Å². The molecule has 1 aromatic carbocycles. The Balaban J connectivity index is 1.76. The van der Waals surface area contributed by atoms with Crippen LogP contribution in [0.25, 0.3) is 0 Å². The molecule has 10 heteroatoms. The summed E-state index contributed by atoms with van der Waals surface area (Å²) in [6, 6.07) is 5.33. The minimum atomic E-state index is -0.817. The molecule has 0 unspecified atom stereocenters. The zero-order valence-corrected chi connectivity index (χ0v) is 17.1. The van der Waals surface area contributed by atoms with E-state index in [1.54, 1.807) is 0 Å². The molecule has 1 heterocycles. The van der Waals surface area contributed by atoms with E-state index < -0.39 is 30.2 Å². The molecular weight excluding hydrogens is 399 g/mol. The first-order chi connectivity index (χ1) is 13.8. The van der Waals surface area contributed by atoms with Crippen molar-refractivity contribution in [1.29, 1.82) is 0 Å². The van der Waals surface area contributed by atoms with Crippen molar-refractivity contribution in [3.05, 3.63) is 52.6 Å². The monoisotopic (exact) mass is 420 g/mol. The second-order valence-electron chi connectivity index (χ2n) is 6.00. The number of hydrazine groups is 1. The molecule has 29 heavy (non-hydrogen) atoms. The molecule has 0 saturated heterocycles. The molecule has 2 rings (SSSR count). The molecule has 0 fully saturated rings. The molecule has 2 amide bonds. The number of nitrogens with zero attached hydrogens (tertiary/aromatic N) is 2. The van der Waals surface area contributed by atoms with Crippen molar-refractivity contribution in [1.82, 2.24) is 20.8 Å². The number of ether oxygens (including phenoxy) is 1. The third-order valence-corrected chi connectivity index (χ3v) is 4.51. The van der Waals surface area contributed by atoms with E-state index in [0.29, 0.717) is 11.6 Å². The minimum Gasteiger partial charge on any atom is -0.455 e. The van der Waals surface area contributed by atoms with Crippen LogP contribution < -0.4 is 10.9 Å². The molecule has 0 saturated carbocycles. The lowest BCUT2D eigenvalue weighted by Crippen LogP contribution is -2.43. The highest BCUT2D eigenvalue weighted by Crippen LogP contribution is 2.17. The average Bonchev–Trinajstić information content (AvgIpc) is 2.69. The smallest absolute Gasteiger partial charge is 0.306 e. The van der Waals surface area contributed by atoms with Crippen LogP contribution in [0, 0.1) is 19.7 Å². The van der Waals surface area contributed by atoms with Gasteiger partial charge in [-0.3, -0.25) is 25.2 Å². The maximum Gasteiger partial charge on any atom is 0.306 e. The van der Waals surface area contributed by atoms with Crippen LogP contribution in [0.1, 0.15) is 33.7 Å². The Kier molecular flexibility index (Phi) is 8.08. The van der Waals surface area contributed by atoms with Gasteiger partial charge in [0, 0.05) is 17.8 Å². The highest BCUT2D eigenvalue weighted by molar-refractivity contribution is 7.98. The molecule has 0 aliphatic rings. The molecule has 0 atom stereocenters. The third kappa shape index (κ3) is 6.53. The van der Waals surface area contributed by atoms with Crippen LogP contribution in [-0.4, -0.2) is 40.6 Å². The van der Waals surface area contributed by atoms with Crippen LogP contribution >= 0.6 is 11.8 Å². The second kappa shape index (κ2) is 10.5. The number of esters is 1. The molecule has 0 spiro atoms. The number of carbonyl (C=O) groups excluding carboxylic acids is 3. The van der Waals surface area contributed by atoms with Gasteiger partial charge in [-0.05, 0) is 44.2 Å². The summed E-state index contributed by atoms with van der Waals surface area (Å²) in [5.74, 6) is -2.86. The number of benzene rings is 1. The molecule has 154 valence electrons. The number of aryl methyl sites for hydroxylation is 2. The largest absolute Gasteiger partial charge is 0.455 e. The van der Waals surface area contributed by atoms with E-state index in [0.717, 1.165) is 23.0 Å². The fourth-order valence-electron chi connectivity index (χ4n) is 2.48. The lowest BCUT2D eigenvalue weighted by Gasteiger charge is -2.10. The predicted molar refractivity (Wildman–Crippen MR) is 105 cm³/mol. The maximum absolute atomic E-state index is 13.5. The van der Waals surface area contributed by atoms with Crippen LogP contribution in [0.3, 0.4) is 0 Å². The molecule has 0 radical (unpaired) electrons. The summed E-state index contributed by atoms with van der Waals surface area (Å²) < 4.78 is 18.4. The van der Waals surface area contributed by atoms with E-state index in [1.807, 2.05) is 20.1 Å². The Hall–Kier alpha value is -3.01. The lowest BCUT2D eigenvalue weighted by molar-refractivity contribution is -0.148. The summed E-state index contributed by atoms with van der Waals surface area (Å²) >= 11 is 1.44. The SMILES string of the molecule is CSc1nc(C)c(CCC(=O)OCC(=O)NNC(=O)c2ccccc2F)c(C)n1. The Bertz CT molecular complexity index is 900. The van der Waals surface area contributed by atoms with Crippen molar-refractivity contribution in [3.8, 4) is 0 Å². The summed E-state index contributed by atoms with van der Waals surface area (Å²) in [7, 11) is 0. The van der Waals surface area contributed by atoms with Gasteiger partial charge in [0.2, 0.25) is 0 Å². The first kappa shape index (κ1) is 22.3. The Labute approximate surface area is 171 Å². The summed E-state index contributed by atoms with van der Waals surface area (Å²) in [6.45, 7) is 3.12. The van der Waals surface area contributed by atoms with Gasteiger partial charge >= 0.3 is 5.97 Å². The van der Waals surface area contributed by atoms with Gasteiger partial charge in [-0.2, -0.15) is 0 Å². The fourth-order valence-corrected chi connectivity index (χ4v) is 2.94. The van der Waals surface area contributed by atoms with Gasteiger partial charge < -0.3 is 4.74 Å². The summed E-state index contributed by atoms with van der Waals surface area (Å²) in [6.07, 6.45) is 2.32. The van der Waals surface area contributed by atoms with E-state index >= 15 is 0 Å². The highest BCUT2D eigenvalue weighted by Gasteiger charge is 2.14. The molecule has 0 aliphatic carbocycles. The van der Waals surface area contributed by atoms with Crippen molar-refractivity contribution >= 4 is 29.5 Å². The Morgan fingerprint density at radius 1 is 1.10 bits per heavy atom. The van der Waals surface area contributed by atoms with Crippen LogP contribution in [0.5, 0.6) is 0 Å². The second-order valence-corrected chi connectivity index (χ2v) is 6.78. The van der Waals surface area contributed by atoms with Gasteiger partial charge in [-0.1, -0.05) is 23.9 Å². The lowest BCUT2D eigenvalue weighted by atomic mass is 10.1. The normalized spacial score (nSPS) is 10.3. The number of hydrogen-bond donors (Lipinski definition) is 2. The summed E-state index contributed by atoms with van der Waals surface area (Å²) in [5, 5.41) is 0.667. The zero-order chi connectivity index (χ0) is 21.4. The highest BCUT2D eigenvalue weighted by atomic mass is 32.2. The minimum absolute atomic E-state index is 0.0541. The van der Waals surface area contributed by atoms with Gasteiger partial charge in [0.15, 0.2) is 11.8 Å². The summed E-state index contributed by atoms with van der Waals surface area (Å²) in [4.78, 5) is 44.1. The maximum atomic E-state index is 13.5. The Morgan fingerprint density at radius 3 is 2.38 bits per heavy atom. The number of amides is 2. The molecule has 1 aromatic heterocycles. The third-order valence-electron chi connectivity index (χ3n) is 3.96. The molecule has 2 aromatic rings. The topological polar surface area (TPSA) is 110 Å². The fraction of sp³-hybridized carbons (Fsp3) is 0.316. The standard InChI is InChI=1S/C19H21FN4O4S/c1-11-13(12(2)22-19(21-11)29-3)8-9-17(26)28-10-16(25)23-24-18(27)14-6-4-5-7-15(14)20/h4-7H,8-10H2,1-3H3,(H,23,25)(H,24,27). The van der Waals surface area contributed by atoms with Crippen molar-refractivity contribution in [2.45, 2.75) is 31.8 Å².